The first-order valence-corrected chi connectivity index (χ1v) is 8.65. The van der Waals surface area contributed by atoms with Gasteiger partial charge in [0.15, 0.2) is 5.58 Å². The number of piperazine rings is 1. The van der Waals surface area contributed by atoms with Gasteiger partial charge in [0, 0.05) is 30.3 Å². The molecule has 0 bridgehead atoms. The lowest BCUT2D eigenvalue weighted by atomic mass is 10.2. The standard InChI is InChI=1S/C17H17BrN4O2/c18-12-3-4-16-15(8-12)21-17(24-16)22-7-6-20-9-13(22)11-23-14-2-1-5-19-10-14/h1-5,8,10,13,20H,6-7,9,11H2/t13-/m1/s1. The smallest absolute Gasteiger partial charge is 0.298 e. The monoisotopic (exact) mass is 388 g/mol. The van der Waals surface area contributed by atoms with E-state index in [1.165, 1.54) is 0 Å². The molecule has 4 rings (SSSR count). The summed E-state index contributed by atoms with van der Waals surface area (Å²) >= 11 is 3.47. The molecule has 1 N–H and O–H groups in total. The zero-order chi connectivity index (χ0) is 16.4. The molecule has 0 aliphatic carbocycles. The molecule has 1 atom stereocenters. The fraction of sp³-hybridized carbons (Fsp3) is 0.294. The van der Waals surface area contributed by atoms with E-state index in [4.69, 9.17) is 9.15 Å². The third-order valence-corrected chi connectivity index (χ3v) is 4.50. The van der Waals surface area contributed by atoms with Gasteiger partial charge in [-0.05, 0) is 30.3 Å². The number of nitrogens with one attached hydrogen (secondary N) is 1. The van der Waals surface area contributed by atoms with E-state index in [2.05, 4.69) is 36.1 Å². The molecule has 0 unspecified atom stereocenters. The molecule has 0 amide bonds. The molecular formula is C17H17BrN4O2. The van der Waals surface area contributed by atoms with Gasteiger partial charge in [0.25, 0.3) is 6.01 Å². The fourth-order valence-electron chi connectivity index (χ4n) is 2.80. The Morgan fingerprint density at radius 2 is 2.33 bits per heavy atom. The van der Waals surface area contributed by atoms with Gasteiger partial charge in [0.05, 0.1) is 12.2 Å². The molecule has 0 spiro atoms. The van der Waals surface area contributed by atoms with Crippen molar-refractivity contribution in [3.63, 3.8) is 0 Å². The minimum absolute atomic E-state index is 0.149. The third kappa shape index (κ3) is 3.22. The molecule has 0 saturated carbocycles. The molecule has 1 aromatic carbocycles. The largest absolute Gasteiger partial charge is 0.490 e. The number of benzene rings is 1. The molecule has 1 aliphatic heterocycles. The van der Waals surface area contributed by atoms with Crippen molar-refractivity contribution >= 4 is 33.0 Å². The molecule has 124 valence electrons. The van der Waals surface area contributed by atoms with Crippen LogP contribution >= 0.6 is 15.9 Å². The Morgan fingerprint density at radius 3 is 3.21 bits per heavy atom. The number of ether oxygens (including phenoxy) is 1. The molecule has 6 nitrogen and oxygen atoms in total. The number of anilines is 1. The van der Waals surface area contributed by atoms with Crippen molar-refractivity contribution in [3.8, 4) is 5.75 Å². The van der Waals surface area contributed by atoms with Crippen molar-refractivity contribution in [3.05, 3.63) is 47.2 Å². The number of nitrogens with zero attached hydrogens (tertiary/aromatic N) is 3. The Morgan fingerprint density at radius 1 is 1.38 bits per heavy atom. The van der Waals surface area contributed by atoms with Gasteiger partial charge in [0.1, 0.15) is 17.9 Å². The zero-order valence-corrected chi connectivity index (χ0v) is 14.6. The fourth-order valence-corrected chi connectivity index (χ4v) is 3.15. The van der Waals surface area contributed by atoms with E-state index in [1.807, 2.05) is 30.3 Å². The van der Waals surface area contributed by atoms with Crippen LogP contribution in [0.25, 0.3) is 11.1 Å². The second-order valence-corrected chi connectivity index (χ2v) is 6.58. The van der Waals surface area contributed by atoms with Crippen LogP contribution in [0.1, 0.15) is 0 Å². The van der Waals surface area contributed by atoms with Crippen molar-refractivity contribution in [1.82, 2.24) is 15.3 Å². The van der Waals surface area contributed by atoms with E-state index in [0.29, 0.717) is 12.6 Å². The molecule has 2 aromatic heterocycles. The van der Waals surface area contributed by atoms with E-state index in [9.17, 15) is 0 Å². The van der Waals surface area contributed by atoms with Crippen LogP contribution in [0, 0.1) is 0 Å². The lowest BCUT2D eigenvalue weighted by Gasteiger charge is -2.34. The Balaban J connectivity index is 1.54. The third-order valence-electron chi connectivity index (χ3n) is 4.01. The summed E-state index contributed by atoms with van der Waals surface area (Å²) in [5, 5.41) is 3.40. The lowest BCUT2D eigenvalue weighted by molar-refractivity contribution is 0.261. The van der Waals surface area contributed by atoms with Gasteiger partial charge in [-0.25, -0.2) is 0 Å². The molecule has 24 heavy (non-hydrogen) atoms. The van der Waals surface area contributed by atoms with Crippen LogP contribution in [0.5, 0.6) is 5.75 Å². The maximum absolute atomic E-state index is 5.94. The summed E-state index contributed by atoms with van der Waals surface area (Å²) in [6.07, 6.45) is 3.45. The molecular weight excluding hydrogens is 372 g/mol. The quantitative estimate of drug-likeness (QED) is 0.741. The number of rotatable bonds is 4. The average molecular weight is 389 g/mol. The minimum Gasteiger partial charge on any atom is -0.490 e. The van der Waals surface area contributed by atoms with Crippen LogP contribution < -0.4 is 15.0 Å². The van der Waals surface area contributed by atoms with Gasteiger partial charge in [-0.3, -0.25) is 4.98 Å². The Bertz CT molecular complexity index is 824. The Hall–Kier alpha value is -2.12. The summed E-state index contributed by atoms with van der Waals surface area (Å²) in [7, 11) is 0. The highest BCUT2D eigenvalue weighted by Gasteiger charge is 2.27. The minimum atomic E-state index is 0.149. The lowest BCUT2D eigenvalue weighted by Crippen LogP contribution is -2.54. The van der Waals surface area contributed by atoms with Gasteiger partial charge in [-0.2, -0.15) is 4.98 Å². The van der Waals surface area contributed by atoms with Gasteiger partial charge in [-0.1, -0.05) is 15.9 Å². The van der Waals surface area contributed by atoms with E-state index < -0.39 is 0 Å². The van der Waals surface area contributed by atoms with Gasteiger partial charge in [0.2, 0.25) is 0 Å². The Kier molecular flexibility index (Phi) is 4.36. The van der Waals surface area contributed by atoms with Crippen LogP contribution in [0.3, 0.4) is 0 Å². The molecule has 1 aliphatic rings. The van der Waals surface area contributed by atoms with Gasteiger partial charge >= 0.3 is 0 Å². The highest BCUT2D eigenvalue weighted by Crippen LogP contribution is 2.26. The zero-order valence-electron chi connectivity index (χ0n) is 13.0. The second-order valence-electron chi connectivity index (χ2n) is 5.66. The maximum atomic E-state index is 5.94. The van der Waals surface area contributed by atoms with Crippen molar-refractivity contribution in [2.45, 2.75) is 6.04 Å². The summed E-state index contributed by atoms with van der Waals surface area (Å²) in [6.45, 7) is 3.09. The summed E-state index contributed by atoms with van der Waals surface area (Å²) < 4.78 is 12.8. The molecule has 3 aromatic rings. The molecule has 1 fully saturated rings. The SMILES string of the molecule is Brc1ccc2oc(N3CCNC[C@@H]3COc3cccnc3)nc2c1. The van der Waals surface area contributed by atoms with Crippen molar-refractivity contribution in [2.24, 2.45) is 0 Å². The van der Waals surface area contributed by atoms with E-state index in [-0.39, 0.29) is 6.04 Å². The summed E-state index contributed by atoms with van der Waals surface area (Å²) in [5.74, 6) is 0.768. The van der Waals surface area contributed by atoms with Crippen molar-refractivity contribution in [1.29, 1.82) is 0 Å². The van der Waals surface area contributed by atoms with Gasteiger partial charge < -0.3 is 19.4 Å². The van der Waals surface area contributed by atoms with Gasteiger partial charge in [-0.15, -0.1) is 0 Å². The summed E-state index contributed by atoms with van der Waals surface area (Å²) in [5.41, 5.74) is 1.64. The van der Waals surface area contributed by atoms with Crippen LogP contribution in [0.4, 0.5) is 6.01 Å². The van der Waals surface area contributed by atoms with Crippen LogP contribution in [-0.2, 0) is 0 Å². The maximum Gasteiger partial charge on any atom is 0.298 e. The van der Waals surface area contributed by atoms with Crippen LogP contribution in [0.15, 0.2) is 51.6 Å². The van der Waals surface area contributed by atoms with Crippen molar-refractivity contribution < 1.29 is 9.15 Å². The number of halogens is 1. The molecule has 7 heteroatoms. The van der Waals surface area contributed by atoms with E-state index >= 15 is 0 Å². The first kappa shape index (κ1) is 15.4. The topological polar surface area (TPSA) is 63.4 Å². The number of aromatic nitrogens is 2. The normalized spacial score (nSPS) is 18.0. The van der Waals surface area contributed by atoms with E-state index in [1.54, 1.807) is 12.4 Å². The molecule has 0 radical (unpaired) electrons. The number of oxazole rings is 1. The number of fused-ring (bicyclic) bond motifs is 1. The predicted octanol–water partition coefficient (Wildman–Crippen LogP) is 2.84. The molecule has 3 heterocycles. The van der Waals surface area contributed by atoms with E-state index in [0.717, 1.165) is 41.0 Å². The second kappa shape index (κ2) is 6.78. The number of hydrogen-bond donors (Lipinski definition) is 1. The average Bonchev–Trinajstić information content (AvgIpc) is 3.04. The predicted molar refractivity (Wildman–Crippen MR) is 95.4 cm³/mol. The van der Waals surface area contributed by atoms with Crippen LogP contribution in [0.2, 0.25) is 0 Å². The first-order chi connectivity index (χ1) is 11.8. The number of hydrogen-bond acceptors (Lipinski definition) is 6. The number of pyridine rings is 1. The van der Waals surface area contributed by atoms with Crippen LogP contribution in [-0.4, -0.2) is 42.3 Å². The summed E-state index contributed by atoms with van der Waals surface area (Å²) in [4.78, 5) is 10.9. The Labute approximate surface area is 148 Å². The highest BCUT2D eigenvalue weighted by molar-refractivity contribution is 9.10. The first-order valence-electron chi connectivity index (χ1n) is 7.86. The summed E-state index contributed by atoms with van der Waals surface area (Å²) in [6, 6.07) is 10.4. The highest BCUT2D eigenvalue weighted by atomic mass is 79.9. The molecule has 1 saturated heterocycles. The van der Waals surface area contributed by atoms with Crippen molar-refractivity contribution in [2.75, 3.05) is 31.1 Å².